The van der Waals surface area contributed by atoms with E-state index in [2.05, 4.69) is 0 Å². The van der Waals surface area contributed by atoms with Gasteiger partial charge in [-0.05, 0) is 23.9 Å². The van der Waals surface area contributed by atoms with E-state index in [1.165, 1.54) is 6.07 Å². The Balaban J connectivity index is 2.52. The number of hydrogen-bond donors (Lipinski definition) is 2. The summed E-state index contributed by atoms with van der Waals surface area (Å²) in [4.78, 5) is 34.0. The molecule has 0 atom stereocenters. The van der Waals surface area contributed by atoms with Crippen molar-refractivity contribution in [2.45, 2.75) is 19.4 Å². The zero-order valence-corrected chi connectivity index (χ0v) is 10.6. The van der Waals surface area contributed by atoms with Gasteiger partial charge in [0.05, 0.1) is 0 Å². The third-order valence-electron chi connectivity index (χ3n) is 3.01. The van der Waals surface area contributed by atoms with Crippen molar-refractivity contribution in [2.75, 3.05) is 0 Å². The summed E-state index contributed by atoms with van der Waals surface area (Å²) in [5.41, 5.74) is -0.537. The molecule has 0 saturated carbocycles. The quantitative estimate of drug-likeness (QED) is 0.863. The second-order valence-electron chi connectivity index (χ2n) is 4.38. The summed E-state index contributed by atoms with van der Waals surface area (Å²) in [6, 6.07) is 8.15. The van der Waals surface area contributed by atoms with Gasteiger partial charge in [0.15, 0.2) is 0 Å². The molecule has 2 aromatic rings. The topological polar surface area (TPSA) is 96.6 Å². The van der Waals surface area contributed by atoms with Crippen molar-refractivity contribution in [3.05, 3.63) is 46.4 Å². The molecule has 6 heteroatoms. The molecule has 2 rings (SSSR count). The summed E-state index contributed by atoms with van der Waals surface area (Å²) in [5.74, 6) is -2.18. The SMILES string of the molecule is O=C(O)CCCn1c(C(=O)O)cc2ccccc2c1=O. The maximum Gasteiger partial charge on any atom is 0.352 e. The van der Waals surface area contributed by atoms with E-state index in [4.69, 9.17) is 5.11 Å². The molecule has 1 aromatic carbocycles. The first-order valence-electron chi connectivity index (χ1n) is 6.08. The molecule has 0 amide bonds. The lowest BCUT2D eigenvalue weighted by Gasteiger charge is -2.11. The Kier molecular flexibility index (Phi) is 3.84. The Morgan fingerprint density at radius 2 is 1.85 bits per heavy atom. The molecular formula is C14H13NO5. The van der Waals surface area contributed by atoms with Crippen LogP contribution in [0.5, 0.6) is 0 Å². The summed E-state index contributed by atoms with van der Waals surface area (Å²) in [6.07, 6.45) is 0.0895. The molecule has 0 aliphatic rings. The highest BCUT2D eigenvalue weighted by molar-refractivity contribution is 5.92. The van der Waals surface area contributed by atoms with E-state index >= 15 is 0 Å². The van der Waals surface area contributed by atoms with Crippen LogP contribution in [0.1, 0.15) is 23.3 Å². The van der Waals surface area contributed by atoms with Crippen molar-refractivity contribution >= 4 is 22.7 Å². The minimum Gasteiger partial charge on any atom is -0.481 e. The minimum absolute atomic E-state index is 0.0671. The number of aromatic nitrogens is 1. The van der Waals surface area contributed by atoms with Crippen LogP contribution in [0, 0.1) is 0 Å². The van der Waals surface area contributed by atoms with Gasteiger partial charge in [-0.1, -0.05) is 18.2 Å². The smallest absolute Gasteiger partial charge is 0.352 e. The number of carboxylic acid groups (broad SMARTS) is 2. The Bertz CT molecular complexity index is 732. The van der Waals surface area contributed by atoms with E-state index in [1.54, 1.807) is 24.3 Å². The lowest BCUT2D eigenvalue weighted by molar-refractivity contribution is -0.137. The van der Waals surface area contributed by atoms with Crippen LogP contribution in [-0.2, 0) is 11.3 Å². The van der Waals surface area contributed by atoms with E-state index in [1.807, 2.05) is 0 Å². The number of aromatic carboxylic acids is 1. The minimum atomic E-state index is -1.21. The lowest BCUT2D eigenvalue weighted by atomic mass is 10.1. The van der Waals surface area contributed by atoms with Crippen molar-refractivity contribution in [1.29, 1.82) is 0 Å². The Labute approximate surface area is 113 Å². The van der Waals surface area contributed by atoms with E-state index in [9.17, 15) is 19.5 Å². The van der Waals surface area contributed by atoms with Crippen LogP contribution in [0.2, 0.25) is 0 Å². The average Bonchev–Trinajstić information content (AvgIpc) is 2.40. The molecule has 20 heavy (non-hydrogen) atoms. The number of carbonyl (C=O) groups is 2. The summed E-state index contributed by atoms with van der Waals surface area (Å²) >= 11 is 0. The first kappa shape index (κ1) is 13.8. The molecule has 104 valence electrons. The molecule has 6 nitrogen and oxygen atoms in total. The lowest BCUT2D eigenvalue weighted by Crippen LogP contribution is -2.26. The van der Waals surface area contributed by atoms with Crippen molar-refractivity contribution < 1.29 is 19.8 Å². The van der Waals surface area contributed by atoms with E-state index in [0.717, 1.165) is 4.57 Å². The third kappa shape index (κ3) is 2.69. The standard InChI is InChI=1S/C14H13NO5/c16-12(17)6-3-7-15-11(14(19)20)8-9-4-1-2-5-10(9)13(15)18/h1-2,4-5,8H,3,6-7H2,(H,16,17)(H,19,20). The second kappa shape index (κ2) is 5.56. The molecule has 0 radical (unpaired) electrons. The molecule has 1 aromatic heterocycles. The maximum absolute atomic E-state index is 12.3. The summed E-state index contributed by atoms with van der Waals surface area (Å²) in [7, 11) is 0. The average molecular weight is 275 g/mol. The van der Waals surface area contributed by atoms with Gasteiger partial charge in [0, 0.05) is 18.4 Å². The van der Waals surface area contributed by atoms with Gasteiger partial charge >= 0.3 is 11.9 Å². The van der Waals surface area contributed by atoms with Crippen LogP contribution in [0.3, 0.4) is 0 Å². The van der Waals surface area contributed by atoms with Crippen LogP contribution < -0.4 is 5.56 Å². The summed E-state index contributed by atoms with van der Waals surface area (Å²) in [5, 5.41) is 18.8. The highest BCUT2D eigenvalue weighted by atomic mass is 16.4. The molecule has 0 fully saturated rings. The number of fused-ring (bicyclic) bond motifs is 1. The van der Waals surface area contributed by atoms with Gasteiger partial charge in [-0.3, -0.25) is 9.59 Å². The number of benzene rings is 1. The van der Waals surface area contributed by atoms with Crippen LogP contribution in [0.4, 0.5) is 0 Å². The van der Waals surface area contributed by atoms with Crippen LogP contribution in [-0.4, -0.2) is 26.7 Å². The molecule has 0 saturated heterocycles. The molecule has 2 N–H and O–H groups in total. The predicted molar refractivity (Wildman–Crippen MR) is 72.0 cm³/mol. The number of aliphatic carboxylic acids is 1. The Morgan fingerprint density at radius 3 is 2.50 bits per heavy atom. The fraction of sp³-hybridized carbons (Fsp3) is 0.214. The number of pyridine rings is 1. The highest BCUT2D eigenvalue weighted by Gasteiger charge is 2.14. The monoisotopic (exact) mass is 275 g/mol. The van der Waals surface area contributed by atoms with Gasteiger partial charge in [-0.15, -0.1) is 0 Å². The number of hydrogen-bond acceptors (Lipinski definition) is 3. The molecule has 1 heterocycles. The number of carboxylic acids is 2. The van der Waals surface area contributed by atoms with E-state index in [0.29, 0.717) is 10.8 Å². The predicted octanol–water partition coefficient (Wildman–Crippen LogP) is 1.56. The Morgan fingerprint density at radius 1 is 1.15 bits per heavy atom. The fourth-order valence-electron chi connectivity index (χ4n) is 2.09. The number of nitrogens with zero attached hydrogens (tertiary/aromatic N) is 1. The van der Waals surface area contributed by atoms with Gasteiger partial charge in [0.25, 0.3) is 5.56 Å². The first-order chi connectivity index (χ1) is 9.50. The summed E-state index contributed by atoms with van der Waals surface area (Å²) < 4.78 is 1.12. The normalized spacial score (nSPS) is 10.6. The van der Waals surface area contributed by atoms with Crippen LogP contribution >= 0.6 is 0 Å². The molecule has 0 aliphatic carbocycles. The van der Waals surface area contributed by atoms with Gasteiger partial charge in [0.2, 0.25) is 0 Å². The van der Waals surface area contributed by atoms with Gasteiger partial charge < -0.3 is 14.8 Å². The van der Waals surface area contributed by atoms with E-state index < -0.39 is 17.5 Å². The molecular weight excluding hydrogens is 262 g/mol. The van der Waals surface area contributed by atoms with Gasteiger partial charge in [0.1, 0.15) is 5.69 Å². The fourth-order valence-corrected chi connectivity index (χ4v) is 2.09. The van der Waals surface area contributed by atoms with Gasteiger partial charge in [-0.2, -0.15) is 0 Å². The first-order valence-corrected chi connectivity index (χ1v) is 6.08. The molecule has 0 aliphatic heterocycles. The number of rotatable bonds is 5. The maximum atomic E-state index is 12.3. The zero-order chi connectivity index (χ0) is 14.7. The second-order valence-corrected chi connectivity index (χ2v) is 4.38. The van der Waals surface area contributed by atoms with E-state index in [-0.39, 0.29) is 25.1 Å². The Hall–Kier alpha value is -2.63. The third-order valence-corrected chi connectivity index (χ3v) is 3.01. The summed E-state index contributed by atoms with van der Waals surface area (Å²) in [6.45, 7) is 0.0671. The van der Waals surface area contributed by atoms with Crippen molar-refractivity contribution in [1.82, 2.24) is 4.57 Å². The van der Waals surface area contributed by atoms with Gasteiger partial charge in [-0.25, -0.2) is 4.79 Å². The zero-order valence-electron chi connectivity index (χ0n) is 10.6. The largest absolute Gasteiger partial charge is 0.481 e. The van der Waals surface area contributed by atoms with Crippen molar-refractivity contribution in [3.8, 4) is 0 Å². The highest BCUT2D eigenvalue weighted by Crippen LogP contribution is 2.12. The molecule has 0 bridgehead atoms. The van der Waals surface area contributed by atoms with Crippen LogP contribution in [0.25, 0.3) is 10.8 Å². The van der Waals surface area contributed by atoms with Crippen molar-refractivity contribution in [3.63, 3.8) is 0 Å². The molecule has 0 spiro atoms. The molecule has 0 unspecified atom stereocenters. The van der Waals surface area contributed by atoms with Crippen molar-refractivity contribution in [2.24, 2.45) is 0 Å². The van der Waals surface area contributed by atoms with Crippen LogP contribution in [0.15, 0.2) is 35.1 Å².